The molecule has 0 aliphatic heterocycles. The lowest BCUT2D eigenvalue weighted by molar-refractivity contribution is 0.454. The Morgan fingerprint density at radius 3 is 2.73 bits per heavy atom. The zero-order valence-corrected chi connectivity index (χ0v) is 9.95. The van der Waals surface area contributed by atoms with Gasteiger partial charge in [0.15, 0.2) is 0 Å². The quantitative estimate of drug-likeness (QED) is 0.804. The van der Waals surface area contributed by atoms with Crippen LogP contribution in [0.3, 0.4) is 0 Å². The van der Waals surface area contributed by atoms with Crippen LogP contribution in [0.25, 0.3) is 0 Å². The van der Waals surface area contributed by atoms with E-state index < -0.39 is 0 Å². The molecule has 0 unspecified atom stereocenters. The van der Waals surface area contributed by atoms with Crippen molar-refractivity contribution in [3.05, 3.63) is 23.8 Å². The van der Waals surface area contributed by atoms with Gasteiger partial charge in [-0.1, -0.05) is 27.2 Å². The molecular weight excluding hydrogens is 186 g/mol. The predicted octanol–water partition coefficient (Wildman–Crippen LogP) is 2.06. The Morgan fingerprint density at radius 2 is 2.13 bits per heavy atom. The highest BCUT2D eigenvalue weighted by Gasteiger charge is 2.22. The van der Waals surface area contributed by atoms with Crippen LogP contribution in [0.5, 0.6) is 0 Å². The molecule has 1 heterocycles. The number of hydrogen-bond acceptors (Lipinski definition) is 3. The zero-order chi connectivity index (χ0) is 11.3. The smallest absolute Gasteiger partial charge is 0.134 e. The highest BCUT2D eigenvalue weighted by molar-refractivity contribution is 5.09. The molecule has 3 nitrogen and oxygen atoms in total. The molecule has 0 spiro atoms. The van der Waals surface area contributed by atoms with Gasteiger partial charge in [-0.2, -0.15) is 0 Å². The van der Waals surface area contributed by atoms with Crippen LogP contribution in [0.4, 0.5) is 0 Å². The summed E-state index contributed by atoms with van der Waals surface area (Å²) >= 11 is 0. The summed E-state index contributed by atoms with van der Waals surface area (Å²) in [6.07, 6.45) is 4.91. The SMILES string of the molecule is CCCc1ccnc(C(C)(C)CCN)n1. The van der Waals surface area contributed by atoms with Gasteiger partial charge in [-0.15, -0.1) is 0 Å². The summed E-state index contributed by atoms with van der Waals surface area (Å²) in [5.74, 6) is 0.916. The molecule has 0 fully saturated rings. The number of aromatic nitrogens is 2. The molecule has 1 aromatic heterocycles. The minimum atomic E-state index is -0.0154. The van der Waals surface area contributed by atoms with Gasteiger partial charge in [-0.05, 0) is 25.5 Å². The van der Waals surface area contributed by atoms with Gasteiger partial charge in [0.05, 0.1) is 0 Å². The first-order valence-electron chi connectivity index (χ1n) is 5.62. The van der Waals surface area contributed by atoms with E-state index in [1.165, 1.54) is 0 Å². The Balaban J connectivity index is 2.88. The molecule has 15 heavy (non-hydrogen) atoms. The standard InChI is InChI=1S/C12H21N3/c1-4-5-10-6-9-14-11(15-10)12(2,3)7-8-13/h6,9H,4-5,7-8,13H2,1-3H3. The van der Waals surface area contributed by atoms with Crippen LogP contribution >= 0.6 is 0 Å². The maximum absolute atomic E-state index is 5.59. The fourth-order valence-electron chi connectivity index (χ4n) is 1.59. The maximum Gasteiger partial charge on any atom is 0.134 e. The van der Waals surface area contributed by atoms with Crippen LogP contribution in [0.2, 0.25) is 0 Å². The van der Waals surface area contributed by atoms with Gasteiger partial charge >= 0.3 is 0 Å². The minimum Gasteiger partial charge on any atom is -0.330 e. The molecule has 1 rings (SSSR count). The van der Waals surface area contributed by atoms with Crippen molar-refractivity contribution in [1.29, 1.82) is 0 Å². The largest absolute Gasteiger partial charge is 0.330 e. The Kier molecular flexibility index (Phi) is 4.21. The van der Waals surface area contributed by atoms with Crippen molar-refractivity contribution < 1.29 is 0 Å². The molecular formula is C12H21N3. The molecule has 0 amide bonds. The molecule has 3 heteroatoms. The second kappa shape index (κ2) is 5.21. The summed E-state index contributed by atoms with van der Waals surface area (Å²) in [4.78, 5) is 8.93. The molecule has 84 valence electrons. The van der Waals surface area contributed by atoms with E-state index in [9.17, 15) is 0 Å². The van der Waals surface area contributed by atoms with Gasteiger partial charge in [0.2, 0.25) is 0 Å². The van der Waals surface area contributed by atoms with Crippen LogP contribution < -0.4 is 5.73 Å². The number of nitrogens with zero attached hydrogens (tertiary/aromatic N) is 2. The first-order valence-corrected chi connectivity index (χ1v) is 5.62. The normalized spacial score (nSPS) is 11.7. The summed E-state index contributed by atoms with van der Waals surface area (Å²) in [6.45, 7) is 7.12. The van der Waals surface area contributed by atoms with Crippen molar-refractivity contribution in [2.75, 3.05) is 6.54 Å². The second-order valence-corrected chi connectivity index (χ2v) is 4.54. The topological polar surface area (TPSA) is 51.8 Å². The van der Waals surface area contributed by atoms with E-state index in [-0.39, 0.29) is 5.41 Å². The van der Waals surface area contributed by atoms with Gasteiger partial charge in [-0.3, -0.25) is 0 Å². The van der Waals surface area contributed by atoms with Crippen molar-refractivity contribution >= 4 is 0 Å². The van der Waals surface area contributed by atoms with Gasteiger partial charge in [0.25, 0.3) is 0 Å². The lowest BCUT2D eigenvalue weighted by Gasteiger charge is -2.22. The van der Waals surface area contributed by atoms with Crippen molar-refractivity contribution in [3.63, 3.8) is 0 Å². The number of hydrogen-bond donors (Lipinski definition) is 1. The molecule has 1 aromatic rings. The molecule has 0 saturated heterocycles. The first-order chi connectivity index (χ1) is 7.10. The van der Waals surface area contributed by atoms with E-state index in [4.69, 9.17) is 5.73 Å². The summed E-state index contributed by atoms with van der Waals surface area (Å²) < 4.78 is 0. The highest BCUT2D eigenvalue weighted by atomic mass is 14.9. The van der Waals surface area contributed by atoms with Crippen LogP contribution in [-0.4, -0.2) is 16.5 Å². The van der Waals surface area contributed by atoms with Crippen LogP contribution in [0, 0.1) is 0 Å². The number of rotatable bonds is 5. The molecule has 2 N–H and O–H groups in total. The highest BCUT2D eigenvalue weighted by Crippen LogP contribution is 2.22. The van der Waals surface area contributed by atoms with Gasteiger partial charge in [-0.25, -0.2) is 9.97 Å². The van der Waals surface area contributed by atoms with Crippen LogP contribution in [-0.2, 0) is 11.8 Å². The first kappa shape index (κ1) is 12.1. The lowest BCUT2D eigenvalue weighted by Crippen LogP contribution is -2.24. The van der Waals surface area contributed by atoms with Crippen LogP contribution in [0.1, 0.15) is 45.1 Å². The van der Waals surface area contributed by atoms with Crippen molar-refractivity contribution in [3.8, 4) is 0 Å². The monoisotopic (exact) mass is 207 g/mol. The molecule has 0 radical (unpaired) electrons. The van der Waals surface area contributed by atoms with E-state index in [1.807, 2.05) is 12.3 Å². The molecule has 0 aliphatic carbocycles. The minimum absolute atomic E-state index is 0.0154. The Hall–Kier alpha value is -0.960. The van der Waals surface area contributed by atoms with Crippen molar-refractivity contribution in [1.82, 2.24) is 9.97 Å². The summed E-state index contributed by atoms with van der Waals surface area (Å²) in [6, 6.07) is 1.99. The summed E-state index contributed by atoms with van der Waals surface area (Å²) in [5, 5.41) is 0. The summed E-state index contributed by atoms with van der Waals surface area (Å²) in [5.41, 5.74) is 6.71. The predicted molar refractivity (Wildman–Crippen MR) is 62.7 cm³/mol. The molecule has 0 atom stereocenters. The second-order valence-electron chi connectivity index (χ2n) is 4.54. The molecule has 0 saturated carbocycles. The van der Waals surface area contributed by atoms with Gasteiger partial charge in [0.1, 0.15) is 5.82 Å². The summed E-state index contributed by atoms with van der Waals surface area (Å²) in [7, 11) is 0. The van der Waals surface area contributed by atoms with E-state index in [1.54, 1.807) is 0 Å². The molecule has 0 aliphatic rings. The van der Waals surface area contributed by atoms with Crippen LogP contribution in [0.15, 0.2) is 12.3 Å². The molecule has 0 aromatic carbocycles. The molecule has 0 bridgehead atoms. The van der Waals surface area contributed by atoms with Gasteiger partial charge in [0, 0.05) is 17.3 Å². The fourth-order valence-corrected chi connectivity index (χ4v) is 1.59. The fraction of sp³-hybridized carbons (Fsp3) is 0.667. The average molecular weight is 207 g/mol. The zero-order valence-electron chi connectivity index (χ0n) is 9.95. The maximum atomic E-state index is 5.59. The number of nitrogens with two attached hydrogens (primary N) is 1. The van der Waals surface area contributed by atoms with E-state index in [0.717, 1.165) is 30.8 Å². The Morgan fingerprint density at radius 1 is 1.40 bits per heavy atom. The Labute approximate surface area is 92.1 Å². The number of aryl methyl sites for hydroxylation is 1. The van der Waals surface area contributed by atoms with E-state index in [0.29, 0.717) is 6.54 Å². The van der Waals surface area contributed by atoms with E-state index in [2.05, 4.69) is 30.7 Å². The third-order valence-corrected chi connectivity index (χ3v) is 2.59. The van der Waals surface area contributed by atoms with Crippen molar-refractivity contribution in [2.45, 2.75) is 45.4 Å². The lowest BCUT2D eigenvalue weighted by atomic mass is 9.88. The van der Waals surface area contributed by atoms with Gasteiger partial charge < -0.3 is 5.73 Å². The Bertz CT molecular complexity index is 307. The van der Waals surface area contributed by atoms with E-state index >= 15 is 0 Å². The van der Waals surface area contributed by atoms with Crippen molar-refractivity contribution in [2.24, 2.45) is 5.73 Å². The average Bonchev–Trinajstić information content (AvgIpc) is 2.19. The third-order valence-electron chi connectivity index (χ3n) is 2.59. The third kappa shape index (κ3) is 3.27.